The van der Waals surface area contributed by atoms with Gasteiger partial charge in [-0.25, -0.2) is 0 Å². The maximum absolute atomic E-state index is 12.3. The summed E-state index contributed by atoms with van der Waals surface area (Å²) in [4.78, 5) is 22.8. The maximum atomic E-state index is 12.3. The van der Waals surface area contributed by atoms with E-state index in [-0.39, 0.29) is 12.1 Å². The van der Waals surface area contributed by atoms with Crippen LogP contribution in [-0.4, -0.2) is 23.1 Å². The molecule has 0 aromatic heterocycles. The minimum absolute atomic E-state index is 0.0184. The lowest BCUT2D eigenvalue weighted by Crippen LogP contribution is -2.18. The third-order valence-electron chi connectivity index (χ3n) is 7.56. The zero-order valence-corrected chi connectivity index (χ0v) is 25.0. The van der Waals surface area contributed by atoms with Crippen LogP contribution in [0.5, 0.6) is 0 Å². The van der Waals surface area contributed by atoms with Gasteiger partial charge in [-0.3, -0.25) is 9.59 Å². The quantitative estimate of drug-likeness (QED) is 0.0749. The molecule has 0 saturated carbocycles. The van der Waals surface area contributed by atoms with E-state index in [0.717, 1.165) is 57.8 Å². The summed E-state index contributed by atoms with van der Waals surface area (Å²) in [6, 6.07) is 0. The van der Waals surface area contributed by atoms with Crippen molar-refractivity contribution in [1.82, 2.24) is 0 Å². The fourth-order valence-electron chi connectivity index (χ4n) is 5.18. The van der Waals surface area contributed by atoms with Gasteiger partial charge in [0.25, 0.3) is 0 Å². The van der Waals surface area contributed by atoms with Crippen LogP contribution in [0.3, 0.4) is 0 Å². The topological polar surface area (TPSA) is 63.6 Å². The highest BCUT2D eigenvalue weighted by molar-refractivity contribution is 5.69. The number of esters is 1. The van der Waals surface area contributed by atoms with Gasteiger partial charge in [0.15, 0.2) is 0 Å². The molecule has 0 radical (unpaired) electrons. The van der Waals surface area contributed by atoms with Gasteiger partial charge in [0.2, 0.25) is 0 Å². The van der Waals surface area contributed by atoms with Gasteiger partial charge in [-0.2, -0.15) is 0 Å². The van der Waals surface area contributed by atoms with Crippen molar-refractivity contribution in [2.24, 2.45) is 0 Å². The average molecular weight is 525 g/mol. The number of carboxylic acid groups (broad SMARTS) is 1. The fraction of sp³-hybridized carbons (Fsp3) is 0.939. The normalized spacial score (nSPS) is 12.1. The number of rotatable bonds is 30. The summed E-state index contributed by atoms with van der Waals surface area (Å²) in [5, 5.41) is 8.65. The molecule has 0 amide bonds. The number of hydrogen-bond acceptors (Lipinski definition) is 3. The lowest BCUT2D eigenvalue weighted by Gasteiger charge is -2.17. The first-order chi connectivity index (χ1) is 18.1. The van der Waals surface area contributed by atoms with Crippen molar-refractivity contribution in [3.05, 3.63) is 0 Å². The van der Waals surface area contributed by atoms with Crippen LogP contribution in [-0.2, 0) is 14.3 Å². The van der Waals surface area contributed by atoms with Crippen molar-refractivity contribution in [2.75, 3.05) is 0 Å². The van der Waals surface area contributed by atoms with Gasteiger partial charge in [0.1, 0.15) is 6.10 Å². The van der Waals surface area contributed by atoms with E-state index in [1.807, 2.05) is 0 Å². The number of hydrogen-bond donors (Lipinski definition) is 1. The molecule has 0 saturated heterocycles. The van der Waals surface area contributed by atoms with Crippen LogP contribution < -0.4 is 0 Å². The number of unbranched alkanes of at least 4 members (excludes halogenated alkanes) is 21. The van der Waals surface area contributed by atoms with Crippen molar-refractivity contribution < 1.29 is 19.4 Å². The van der Waals surface area contributed by atoms with E-state index in [1.165, 1.54) is 109 Å². The van der Waals surface area contributed by atoms with E-state index >= 15 is 0 Å². The smallest absolute Gasteiger partial charge is 0.306 e. The molecule has 0 rings (SSSR count). The highest BCUT2D eigenvalue weighted by atomic mass is 16.5. The zero-order valence-electron chi connectivity index (χ0n) is 25.0. The third-order valence-corrected chi connectivity index (χ3v) is 7.56. The molecule has 0 aromatic rings. The van der Waals surface area contributed by atoms with Gasteiger partial charge < -0.3 is 9.84 Å². The molecular weight excluding hydrogens is 460 g/mol. The fourth-order valence-corrected chi connectivity index (χ4v) is 5.18. The van der Waals surface area contributed by atoms with Gasteiger partial charge in [0.05, 0.1) is 0 Å². The van der Waals surface area contributed by atoms with Gasteiger partial charge in [-0.05, 0) is 32.1 Å². The Morgan fingerprint density at radius 2 is 0.865 bits per heavy atom. The van der Waals surface area contributed by atoms with Crippen molar-refractivity contribution in [3.8, 4) is 0 Å². The molecule has 4 nitrogen and oxygen atoms in total. The second-order valence-electron chi connectivity index (χ2n) is 11.4. The maximum Gasteiger partial charge on any atom is 0.306 e. The molecule has 4 heteroatoms. The predicted octanol–water partition coefficient (Wildman–Crippen LogP) is 10.9. The van der Waals surface area contributed by atoms with Crippen molar-refractivity contribution >= 4 is 11.9 Å². The first-order valence-corrected chi connectivity index (χ1v) is 16.5. The van der Waals surface area contributed by atoms with E-state index in [9.17, 15) is 9.59 Å². The van der Waals surface area contributed by atoms with Crippen LogP contribution in [0.15, 0.2) is 0 Å². The Balaban J connectivity index is 3.54. The highest BCUT2D eigenvalue weighted by Crippen LogP contribution is 2.17. The van der Waals surface area contributed by atoms with Crippen molar-refractivity contribution in [1.29, 1.82) is 0 Å². The molecule has 220 valence electrons. The Labute approximate surface area is 231 Å². The molecule has 0 aliphatic rings. The molecular formula is C33H64O4. The molecule has 0 fully saturated rings. The zero-order chi connectivity index (χ0) is 27.2. The van der Waals surface area contributed by atoms with E-state index in [4.69, 9.17) is 9.84 Å². The lowest BCUT2D eigenvalue weighted by molar-refractivity contribution is -0.150. The van der Waals surface area contributed by atoms with E-state index < -0.39 is 5.97 Å². The number of carbonyl (C=O) groups excluding carboxylic acids is 1. The summed E-state index contributed by atoms with van der Waals surface area (Å²) < 4.78 is 5.83. The van der Waals surface area contributed by atoms with Gasteiger partial charge in [0, 0.05) is 12.8 Å². The summed E-state index contributed by atoms with van der Waals surface area (Å²) in [7, 11) is 0. The number of carboxylic acids is 1. The summed E-state index contributed by atoms with van der Waals surface area (Å²) in [6.45, 7) is 4.45. The first-order valence-electron chi connectivity index (χ1n) is 16.5. The molecule has 1 atom stereocenters. The van der Waals surface area contributed by atoms with Crippen molar-refractivity contribution in [2.45, 2.75) is 200 Å². The predicted molar refractivity (Wildman–Crippen MR) is 158 cm³/mol. The SMILES string of the molecule is CCCCCCCCCCCCCCCC(=O)OC(CCC)CCCCCCCCCCCCC(=O)O. The minimum Gasteiger partial charge on any atom is -0.481 e. The largest absolute Gasteiger partial charge is 0.481 e. The second-order valence-corrected chi connectivity index (χ2v) is 11.4. The standard InChI is InChI=1S/C33H64O4/c1-3-5-6-7-8-9-10-11-12-17-20-23-26-30-33(36)37-31(27-4-2)28-24-21-18-15-13-14-16-19-22-25-29-32(34)35/h31H,3-30H2,1-2H3,(H,34,35). The molecule has 0 aliphatic heterocycles. The van der Waals surface area contributed by atoms with Crippen LogP contribution in [0, 0.1) is 0 Å². The van der Waals surface area contributed by atoms with Gasteiger partial charge in [-0.15, -0.1) is 0 Å². The Hall–Kier alpha value is -1.06. The van der Waals surface area contributed by atoms with Crippen LogP contribution in [0.25, 0.3) is 0 Å². The van der Waals surface area contributed by atoms with Gasteiger partial charge >= 0.3 is 11.9 Å². The Morgan fingerprint density at radius 3 is 1.27 bits per heavy atom. The summed E-state index contributed by atoms with van der Waals surface area (Å²) in [5.74, 6) is -0.657. The van der Waals surface area contributed by atoms with Crippen LogP contribution in [0.1, 0.15) is 194 Å². The molecule has 1 N–H and O–H groups in total. The van der Waals surface area contributed by atoms with E-state index in [0.29, 0.717) is 12.8 Å². The molecule has 37 heavy (non-hydrogen) atoms. The molecule has 0 aromatic carbocycles. The monoisotopic (exact) mass is 524 g/mol. The van der Waals surface area contributed by atoms with E-state index in [2.05, 4.69) is 13.8 Å². The average Bonchev–Trinajstić information content (AvgIpc) is 2.87. The molecule has 0 bridgehead atoms. The summed E-state index contributed by atoms with van der Waals surface area (Å²) >= 11 is 0. The number of ether oxygens (including phenoxy) is 1. The third kappa shape index (κ3) is 29.4. The molecule has 0 aliphatic carbocycles. The molecule has 0 spiro atoms. The Bertz CT molecular complexity index is 491. The minimum atomic E-state index is -0.675. The Kier molecular flexibility index (Phi) is 28.7. The lowest BCUT2D eigenvalue weighted by atomic mass is 10.0. The second kappa shape index (κ2) is 29.5. The number of aliphatic carboxylic acids is 1. The Morgan fingerprint density at radius 1 is 0.486 bits per heavy atom. The molecule has 1 unspecified atom stereocenters. The summed E-state index contributed by atoms with van der Waals surface area (Å²) in [6.07, 6.45) is 33.1. The van der Waals surface area contributed by atoms with E-state index in [1.54, 1.807) is 0 Å². The number of carbonyl (C=O) groups is 2. The molecule has 0 heterocycles. The van der Waals surface area contributed by atoms with Crippen LogP contribution in [0.2, 0.25) is 0 Å². The summed E-state index contributed by atoms with van der Waals surface area (Å²) in [5.41, 5.74) is 0. The van der Waals surface area contributed by atoms with Gasteiger partial charge in [-0.1, -0.05) is 149 Å². The van der Waals surface area contributed by atoms with Crippen molar-refractivity contribution in [3.63, 3.8) is 0 Å². The van der Waals surface area contributed by atoms with Crippen LogP contribution >= 0.6 is 0 Å². The first kappa shape index (κ1) is 35.9. The van der Waals surface area contributed by atoms with Crippen LogP contribution in [0.4, 0.5) is 0 Å². The highest BCUT2D eigenvalue weighted by Gasteiger charge is 2.13.